The van der Waals surface area contributed by atoms with Gasteiger partial charge >= 0.3 is 0 Å². The van der Waals surface area contributed by atoms with E-state index >= 15 is 0 Å². The molecule has 0 saturated carbocycles. The summed E-state index contributed by atoms with van der Waals surface area (Å²) in [6.45, 7) is 5.72. The van der Waals surface area contributed by atoms with Crippen LogP contribution in [0.15, 0.2) is 18.2 Å². The van der Waals surface area contributed by atoms with Crippen molar-refractivity contribution in [1.82, 2.24) is 0 Å². The Morgan fingerprint density at radius 2 is 1.41 bits per heavy atom. The molecule has 2 heteroatoms. The third-order valence-corrected chi connectivity index (χ3v) is 0.939. The van der Waals surface area contributed by atoms with Crippen molar-refractivity contribution in [3.8, 4) is 0 Å². The van der Waals surface area contributed by atoms with Crippen LogP contribution in [0.3, 0.4) is 0 Å². The van der Waals surface area contributed by atoms with Crippen molar-refractivity contribution in [1.29, 1.82) is 0 Å². The van der Waals surface area contributed by atoms with E-state index in [1.807, 2.05) is 12.2 Å². The Labute approximate surface area is 130 Å². The van der Waals surface area contributed by atoms with E-state index in [1.165, 1.54) is 6.42 Å². The summed E-state index contributed by atoms with van der Waals surface area (Å²) in [5.74, 6) is 0. The van der Waals surface area contributed by atoms with E-state index in [1.54, 1.807) is 0 Å². The predicted molar refractivity (Wildman–Crippen MR) is 85.6 cm³/mol. The Balaban J connectivity index is -0.00000000740. The van der Waals surface area contributed by atoms with Crippen LogP contribution in [0.25, 0.3) is 6.15 Å². The molecule has 0 aromatic rings. The average molecular weight is 276 g/mol. The van der Waals surface area contributed by atoms with Crippen molar-refractivity contribution in [3.63, 3.8) is 0 Å². The molecule has 1 rings (SSSR count). The van der Waals surface area contributed by atoms with Gasteiger partial charge in [0, 0.05) is 21.7 Å². The number of unbranched alkanes of at least 4 members (excludes halogenated alkanes) is 1. The Bertz CT molecular complexity index is 87.1. The largest absolute Gasteiger partial charge is 0.693 e. The summed E-state index contributed by atoms with van der Waals surface area (Å²) in [7, 11) is 0. The van der Waals surface area contributed by atoms with Gasteiger partial charge in [0.05, 0.1) is 0 Å². The Morgan fingerprint density at radius 1 is 1.06 bits per heavy atom. The SMILES string of the molecule is [C-]1=CC=CC1.[CH2-]CCC.[CH3-].[CH3-].[CH3-].[CH3-].[CH3-].[CH3-].[NH2-].[Ti]. The van der Waals surface area contributed by atoms with Crippen LogP contribution in [0.5, 0.6) is 0 Å². The molecule has 1 nitrogen and oxygen atoms in total. The topological polar surface area (TPSA) is 33.5 Å². The molecule has 112 valence electrons. The van der Waals surface area contributed by atoms with Crippen molar-refractivity contribution in [2.75, 3.05) is 0 Å². The molecule has 2 N–H and O–H groups in total. The second kappa shape index (κ2) is 72.5. The quantitative estimate of drug-likeness (QED) is 0.395. The van der Waals surface area contributed by atoms with Crippen molar-refractivity contribution in [2.24, 2.45) is 0 Å². The molecule has 0 atom stereocenters. The monoisotopic (exact) mass is 276 g/mol. The fourth-order valence-electron chi connectivity index (χ4n) is 0.340. The Hall–Kier alpha value is 0.154. The van der Waals surface area contributed by atoms with Gasteiger partial charge in [-0.2, -0.15) is 12.5 Å². The summed E-state index contributed by atoms with van der Waals surface area (Å²) in [4.78, 5) is 0. The first-order valence-corrected chi connectivity index (χ1v) is 3.42. The molecule has 0 spiro atoms. The van der Waals surface area contributed by atoms with E-state index in [-0.39, 0.29) is 72.4 Å². The van der Waals surface area contributed by atoms with Gasteiger partial charge in [0.1, 0.15) is 0 Å². The minimum absolute atomic E-state index is 0. The summed E-state index contributed by atoms with van der Waals surface area (Å²) in [6, 6.07) is 0. The Morgan fingerprint density at radius 3 is 1.47 bits per heavy atom. The van der Waals surface area contributed by atoms with E-state index in [4.69, 9.17) is 0 Å². The maximum absolute atomic E-state index is 3.60. The standard InChI is InChI=1S/C5H5.C4H9.6CH3.H2N.Ti/c1-2-4-5-3-1;1-3-4-2;;;;;;;;/h1-3H,4H2;1,3-4H2,2H3;6*1H3;1H2;/q9*-1;. The zero-order chi connectivity index (χ0) is 6.95. The molecule has 0 saturated heterocycles. The number of hydrogen-bond acceptors (Lipinski definition) is 0. The molecule has 0 fully saturated rings. The van der Waals surface area contributed by atoms with Crippen LogP contribution in [-0.2, 0) is 21.7 Å². The molecule has 0 aromatic carbocycles. The summed E-state index contributed by atoms with van der Waals surface area (Å²) < 4.78 is 0. The molecule has 0 heterocycles. The van der Waals surface area contributed by atoms with Gasteiger partial charge < -0.3 is 57.6 Å². The van der Waals surface area contributed by atoms with Crippen LogP contribution in [0.2, 0.25) is 0 Å². The van der Waals surface area contributed by atoms with Crippen molar-refractivity contribution in [3.05, 3.63) is 81.9 Å². The van der Waals surface area contributed by atoms with Crippen LogP contribution >= 0.6 is 0 Å². The van der Waals surface area contributed by atoms with Gasteiger partial charge in [-0.1, -0.05) is 13.3 Å². The average Bonchev–Trinajstić information content (AvgIpc) is 2.43. The second-order valence-electron chi connectivity index (χ2n) is 1.86. The molecule has 17 heavy (non-hydrogen) atoms. The summed E-state index contributed by atoms with van der Waals surface area (Å²) in [6.07, 6.45) is 12.3. The number of nitrogens with two attached hydrogens (primary N) is 1. The molecule has 0 bridgehead atoms. The zero-order valence-electron chi connectivity index (χ0n) is 13.1. The zero-order valence-corrected chi connectivity index (χ0v) is 14.7. The van der Waals surface area contributed by atoms with E-state index in [9.17, 15) is 0 Å². The van der Waals surface area contributed by atoms with Crippen molar-refractivity contribution >= 4 is 0 Å². The van der Waals surface area contributed by atoms with Crippen molar-refractivity contribution in [2.45, 2.75) is 26.2 Å². The first kappa shape index (κ1) is 67.3. The maximum Gasteiger partial charge on any atom is 0 e. The first-order chi connectivity index (χ1) is 4.41. The molecule has 0 unspecified atom stereocenters. The number of hydrogen-bond donors (Lipinski definition) is 0. The molecular weight excluding hydrogens is 242 g/mol. The van der Waals surface area contributed by atoms with Gasteiger partial charge in [0.15, 0.2) is 0 Å². The van der Waals surface area contributed by atoms with Crippen molar-refractivity contribution < 1.29 is 21.7 Å². The molecular formula is C15H34NTi-9. The van der Waals surface area contributed by atoms with Gasteiger partial charge in [-0.15, -0.1) is 6.42 Å². The summed E-state index contributed by atoms with van der Waals surface area (Å²) >= 11 is 0. The van der Waals surface area contributed by atoms with Gasteiger partial charge in [-0.05, 0) is 0 Å². The fourth-order valence-corrected chi connectivity index (χ4v) is 0.340. The van der Waals surface area contributed by atoms with Crippen LogP contribution in [0.4, 0.5) is 0 Å². The second-order valence-corrected chi connectivity index (χ2v) is 1.86. The molecule has 0 aliphatic heterocycles. The van der Waals surface area contributed by atoms with E-state index in [2.05, 4.69) is 26.0 Å². The summed E-state index contributed by atoms with van der Waals surface area (Å²) in [5.41, 5.74) is 0. The molecule has 0 aromatic heterocycles. The predicted octanol–water partition coefficient (Wildman–Crippen LogP) is 6.34. The van der Waals surface area contributed by atoms with Gasteiger partial charge in [-0.25, -0.2) is 12.2 Å². The minimum Gasteiger partial charge on any atom is -0.693 e. The van der Waals surface area contributed by atoms with Crippen LogP contribution in [-0.4, -0.2) is 0 Å². The number of allylic oxidation sites excluding steroid dienone is 4. The van der Waals surface area contributed by atoms with E-state index in [0.717, 1.165) is 12.8 Å². The van der Waals surface area contributed by atoms with Crippen LogP contribution in [0, 0.1) is 57.6 Å². The van der Waals surface area contributed by atoms with Crippen LogP contribution in [0.1, 0.15) is 26.2 Å². The normalized spacial score (nSPS) is 6.94. The smallest absolute Gasteiger partial charge is 0 e. The summed E-state index contributed by atoms with van der Waals surface area (Å²) in [5, 5.41) is 0. The molecule has 0 radical (unpaired) electrons. The Kier molecular flexibility index (Phi) is 287. The van der Waals surface area contributed by atoms with E-state index in [0.29, 0.717) is 0 Å². The first-order valence-electron chi connectivity index (χ1n) is 3.42. The third-order valence-electron chi connectivity index (χ3n) is 0.939. The van der Waals surface area contributed by atoms with Crippen LogP contribution < -0.4 is 0 Å². The van der Waals surface area contributed by atoms with E-state index < -0.39 is 0 Å². The maximum atomic E-state index is 3.60. The minimum atomic E-state index is 0. The van der Waals surface area contributed by atoms with Gasteiger partial charge in [0.2, 0.25) is 0 Å². The van der Waals surface area contributed by atoms with Gasteiger partial charge in [-0.3, -0.25) is 6.08 Å². The molecule has 1 aliphatic carbocycles. The van der Waals surface area contributed by atoms with Gasteiger partial charge in [0.25, 0.3) is 0 Å². The fraction of sp³-hybridized carbons (Fsp3) is 0.267. The number of rotatable bonds is 1. The molecule has 1 aliphatic rings. The molecule has 0 amide bonds. The third kappa shape index (κ3) is 85.4.